The Labute approximate surface area is 121 Å². The molecule has 3 nitrogen and oxygen atoms in total. The van der Waals surface area contributed by atoms with Crippen molar-refractivity contribution in [3.05, 3.63) is 29.8 Å². The molecule has 0 aromatic heterocycles. The Kier molecular flexibility index (Phi) is 4.93. The predicted molar refractivity (Wildman–Crippen MR) is 80.3 cm³/mol. The van der Waals surface area contributed by atoms with Gasteiger partial charge in [0.25, 0.3) is 0 Å². The SMILES string of the molecule is c1ccc(OC2CCCOC2)c(CC2CCCCN2)c1. The summed E-state index contributed by atoms with van der Waals surface area (Å²) in [7, 11) is 0. The van der Waals surface area contributed by atoms with E-state index in [1.54, 1.807) is 0 Å². The number of benzene rings is 1. The second-order valence-corrected chi connectivity index (χ2v) is 5.92. The van der Waals surface area contributed by atoms with Crippen LogP contribution in [-0.4, -0.2) is 31.9 Å². The van der Waals surface area contributed by atoms with E-state index in [-0.39, 0.29) is 6.10 Å². The van der Waals surface area contributed by atoms with Crippen molar-refractivity contribution in [3.8, 4) is 5.75 Å². The zero-order valence-corrected chi connectivity index (χ0v) is 12.1. The predicted octanol–water partition coefficient (Wildman–Crippen LogP) is 2.93. The molecule has 2 unspecified atom stereocenters. The number of rotatable bonds is 4. The fourth-order valence-electron chi connectivity index (χ4n) is 3.13. The zero-order valence-electron chi connectivity index (χ0n) is 12.1. The van der Waals surface area contributed by atoms with Crippen LogP contribution >= 0.6 is 0 Å². The van der Waals surface area contributed by atoms with Crippen LogP contribution in [0.25, 0.3) is 0 Å². The van der Waals surface area contributed by atoms with Crippen LogP contribution in [0.15, 0.2) is 24.3 Å². The number of para-hydroxylation sites is 1. The lowest BCUT2D eigenvalue weighted by atomic mass is 9.97. The van der Waals surface area contributed by atoms with Crippen molar-refractivity contribution in [3.63, 3.8) is 0 Å². The van der Waals surface area contributed by atoms with Crippen molar-refractivity contribution < 1.29 is 9.47 Å². The molecule has 0 saturated carbocycles. The summed E-state index contributed by atoms with van der Waals surface area (Å²) in [6.07, 6.45) is 7.45. The van der Waals surface area contributed by atoms with Gasteiger partial charge in [0.15, 0.2) is 0 Å². The van der Waals surface area contributed by atoms with Crippen LogP contribution in [0.5, 0.6) is 5.75 Å². The van der Waals surface area contributed by atoms with Crippen LogP contribution in [0.4, 0.5) is 0 Å². The van der Waals surface area contributed by atoms with Gasteiger partial charge in [-0.2, -0.15) is 0 Å². The molecule has 2 saturated heterocycles. The third kappa shape index (κ3) is 3.74. The van der Waals surface area contributed by atoms with Crippen molar-refractivity contribution >= 4 is 0 Å². The highest BCUT2D eigenvalue weighted by molar-refractivity contribution is 5.34. The Morgan fingerprint density at radius 2 is 2.10 bits per heavy atom. The molecular weight excluding hydrogens is 250 g/mol. The Hall–Kier alpha value is -1.06. The third-order valence-electron chi connectivity index (χ3n) is 4.26. The van der Waals surface area contributed by atoms with E-state index in [0.29, 0.717) is 6.04 Å². The summed E-state index contributed by atoms with van der Waals surface area (Å²) in [5.74, 6) is 1.05. The number of nitrogens with one attached hydrogen (secondary N) is 1. The summed E-state index contributed by atoms with van der Waals surface area (Å²) in [5, 5.41) is 3.62. The van der Waals surface area contributed by atoms with Crippen LogP contribution < -0.4 is 10.1 Å². The Bertz CT molecular complexity index is 370. The lowest BCUT2D eigenvalue weighted by molar-refractivity contribution is 0.00699. The van der Waals surface area contributed by atoms with Gasteiger partial charge in [0.2, 0.25) is 0 Å². The molecule has 3 heteroatoms. The molecule has 2 aliphatic heterocycles. The maximum absolute atomic E-state index is 6.18. The van der Waals surface area contributed by atoms with E-state index in [9.17, 15) is 0 Å². The molecule has 1 aromatic carbocycles. The van der Waals surface area contributed by atoms with E-state index in [4.69, 9.17) is 9.47 Å². The van der Waals surface area contributed by atoms with Crippen LogP contribution in [-0.2, 0) is 11.2 Å². The van der Waals surface area contributed by atoms with Gasteiger partial charge in [-0.05, 0) is 50.3 Å². The smallest absolute Gasteiger partial charge is 0.123 e. The first-order chi connectivity index (χ1) is 9.92. The fraction of sp³-hybridized carbons (Fsp3) is 0.647. The van der Waals surface area contributed by atoms with Crippen molar-refractivity contribution in [2.45, 2.75) is 50.7 Å². The highest BCUT2D eigenvalue weighted by Crippen LogP contribution is 2.24. The molecule has 2 aliphatic rings. The van der Waals surface area contributed by atoms with Gasteiger partial charge in [-0.15, -0.1) is 0 Å². The first-order valence-electron chi connectivity index (χ1n) is 7.97. The first kappa shape index (κ1) is 13.9. The van der Waals surface area contributed by atoms with Gasteiger partial charge in [0, 0.05) is 12.6 Å². The second-order valence-electron chi connectivity index (χ2n) is 5.92. The molecule has 2 atom stereocenters. The molecule has 1 N–H and O–H groups in total. The minimum absolute atomic E-state index is 0.226. The van der Waals surface area contributed by atoms with Crippen LogP contribution in [0, 0.1) is 0 Å². The molecule has 2 heterocycles. The minimum Gasteiger partial charge on any atom is -0.488 e. The van der Waals surface area contributed by atoms with Gasteiger partial charge in [-0.25, -0.2) is 0 Å². The van der Waals surface area contributed by atoms with Gasteiger partial charge in [0.05, 0.1) is 6.61 Å². The van der Waals surface area contributed by atoms with Crippen molar-refractivity contribution in [1.82, 2.24) is 5.32 Å². The van der Waals surface area contributed by atoms with Gasteiger partial charge in [0.1, 0.15) is 11.9 Å². The Balaban J connectivity index is 1.63. The number of ether oxygens (including phenoxy) is 2. The molecule has 0 radical (unpaired) electrons. The van der Waals surface area contributed by atoms with Gasteiger partial charge in [-0.3, -0.25) is 0 Å². The molecule has 0 bridgehead atoms. The lowest BCUT2D eigenvalue weighted by Gasteiger charge is -2.27. The molecular formula is C17H25NO2. The molecule has 0 spiro atoms. The van der Waals surface area contributed by atoms with Crippen molar-refractivity contribution in [2.75, 3.05) is 19.8 Å². The van der Waals surface area contributed by atoms with E-state index in [1.165, 1.54) is 24.8 Å². The number of hydrogen-bond acceptors (Lipinski definition) is 3. The summed E-state index contributed by atoms with van der Waals surface area (Å²) in [6.45, 7) is 2.77. The summed E-state index contributed by atoms with van der Waals surface area (Å²) >= 11 is 0. The van der Waals surface area contributed by atoms with Crippen molar-refractivity contribution in [2.24, 2.45) is 0 Å². The topological polar surface area (TPSA) is 30.5 Å². The highest BCUT2D eigenvalue weighted by Gasteiger charge is 2.19. The van der Waals surface area contributed by atoms with Crippen LogP contribution in [0.3, 0.4) is 0 Å². The lowest BCUT2D eigenvalue weighted by Crippen LogP contribution is -2.36. The number of piperidine rings is 1. The standard InChI is InChI=1S/C17H25NO2/c1-2-9-17(20-16-8-5-11-19-13-16)14(6-1)12-15-7-3-4-10-18-15/h1-2,6,9,15-16,18H,3-5,7-8,10-13H2. The molecule has 0 aliphatic carbocycles. The quantitative estimate of drug-likeness (QED) is 0.916. The average molecular weight is 275 g/mol. The summed E-state index contributed by atoms with van der Waals surface area (Å²) in [6, 6.07) is 9.09. The molecule has 0 amide bonds. The van der Waals surface area contributed by atoms with Gasteiger partial charge < -0.3 is 14.8 Å². The summed E-state index contributed by atoms with van der Waals surface area (Å²) in [4.78, 5) is 0. The maximum Gasteiger partial charge on any atom is 0.123 e. The van der Waals surface area contributed by atoms with Crippen LogP contribution in [0.2, 0.25) is 0 Å². The van der Waals surface area contributed by atoms with E-state index in [2.05, 4.69) is 29.6 Å². The fourth-order valence-corrected chi connectivity index (χ4v) is 3.13. The van der Waals surface area contributed by atoms with Gasteiger partial charge >= 0.3 is 0 Å². The zero-order chi connectivity index (χ0) is 13.6. The van der Waals surface area contributed by atoms with Gasteiger partial charge in [-0.1, -0.05) is 24.6 Å². The highest BCUT2D eigenvalue weighted by atomic mass is 16.5. The molecule has 20 heavy (non-hydrogen) atoms. The maximum atomic E-state index is 6.18. The van der Waals surface area contributed by atoms with E-state index < -0.39 is 0 Å². The number of hydrogen-bond donors (Lipinski definition) is 1. The second kappa shape index (κ2) is 7.09. The molecule has 1 aromatic rings. The van der Waals surface area contributed by atoms with Crippen LogP contribution in [0.1, 0.15) is 37.7 Å². The molecule has 2 fully saturated rings. The van der Waals surface area contributed by atoms with Crippen molar-refractivity contribution in [1.29, 1.82) is 0 Å². The minimum atomic E-state index is 0.226. The molecule has 3 rings (SSSR count). The Morgan fingerprint density at radius 1 is 1.15 bits per heavy atom. The molecule has 110 valence electrons. The normalized spacial score (nSPS) is 27.2. The Morgan fingerprint density at radius 3 is 2.90 bits per heavy atom. The van der Waals surface area contributed by atoms with E-state index in [1.807, 2.05) is 0 Å². The van der Waals surface area contributed by atoms with E-state index in [0.717, 1.165) is 44.8 Å². The largest absolute Gasteiger partial charge is 0.488 e. The monoisotopic (exact) mass is 275 g/mol. The third-order valence-corrected chi connectivity index (χ3v) is 4.26. The summed E-state index contributed by atoms with van der Waals surface area (Å²) in [5.41, 5.74) is 1.33. The summed E-state index contributed by atoms with van der Waals surface area (Å²) < 4.78 is 11.7. The van der Waals surface area contributed by atoms with E-state index >= 15 is 0 Å². The average Bonchev–Trinajstić information content (AvgIpc) is 2.51. The first-order valence-corrected chi connectivity index (χ1v) is 7.97.